The van der Waals surface area contributed by atoms with E-state index in [1.807, 2.05) is 6.07 Å². The van der Waals surface area contributed by atoms with Crippen LogP contribution in [0.3, 0.4) is 0 Å². The fraction of sp³-hybridized carbons (Fsp3) is 0.176. The number of halogens is 1. The number of rotatable bonds is 5. The molecule has 0 heterocycles. The van der Waals surface area contributed by atoms with Crippen LogP contribution in [0.1, 0.15) is 5.56 Å². The van der Waals surface area contributed by atoms with Crippen LogP contribution in [0.5, 0.6) is 5.75 Å². The third-order valence-electron chi connectivity index (χ3n) is 3.14. The van der Waals surface area contributed by atoms with E-state index in [1.54, 1.807) is 55.6 Å². The van der Waals surface area contributed by atoms with Crippen molar-refractivity contribution < 1.29 is 9.53 Å². The molecule has 0 atom stereocenters. The van der Waals surface area contributed by atoms with Gasteiger partial charge >= 0.3 is 6.03 Å². The van der Waals surface area contributed by atoms with Crippen molar-refractivity contribution in [3.8, 4) is 11.8 Å². The lowest BCUT2D eigenvalue weighted by Crippen LogP contribution is -2.34. The van der Waals surface area contributed by atoms with Crippen LogP contribution < -0.4 is 10.1 Å². The summed E-state index contributed by atoms with van der Waals surface area (Å²) in [6.45, 7) is 0.759. The highest BCUT2D eigenvalue weighted by Gasteiger charge is 2.11. The summed E-state index contributed by atoms with van der Waals surface area (Å²) in [5.74, 6) is 0.693. The van der Waals surface area contributed by atoms with Gasteiger partial charge in [-0.3, -0.25) is 0 Å². The SMILES string of the molecule is CN(CCOc1ccc(Cl)cc1)C(=O)Nc1ccccc1C#N. The van der Waals surface area contributed by atoms with Gasteiger partial charge in [0, 0.05) is 12.1 Å². The monoisotopic (exact) mass is 329 g/mol. The maximum Gasteiger partial charge on any atom is 0.321 e. The van der Waals surface area contributed by atoms with E-state index in [1.165, 1.54) is 4.90 Å². The topological polar surface area (TPSA) is 65.4 Å². The molecule has 0 aromatic heterocycles. The van der Waals surface area contributed by atoms with Crippen molar-refractivity contribution in [3.05, 3.63) is 59.1 Å². The lowest BCUT2D eigenvalue weighted by Gasteiger charge is -2.18. The zero-order valence-corrected chi connectivity index (χ0v) is 13.4. The first-order valence-corrected chi connectivity index (χ1v) is 7.37. The average molecular weight is 330 g/mol. The molecule has 0 saturated heterocycles. The average Bonchev–Trinajstić information content (AvgIpc) is 2.57. The highest BCUT2D eigenvalue weighted by molar-refractivity contribution is 6.30. The Bertz CT molecular complexity index is 711. The van der Waals surface area contributed by atoms with Gasteiger partial charge < -0.3 is 15.0 Å². The Labute approximate surface area is 140 Å². The molecular weight excluding hydrogens is 314 g/mol. The summed E-state index contributed by atoms with van der Waals surface area (Å²) in [6, 6.07) is 15.6. The first-order chi connectivity index (χ1) is 11.1. The number of nitrogens with one attached hydrogen (secondary N) is 1. The van der Waals surface area contributed by atoms with Gasteiger partial charge in [-0.15, -0.1) is 0 Å². The van der Waals surface area contributed by atoms with Gasteiger partial charge in [-0.2, -0.15) is 5.26 Å². The summed E-state index contributed by atoms with van der Waals surface area (Å²) < 4.78 is 5.54. The molecule has 23 heavy (non-hydrogen) atoms. The molecule has 0 aliphatic rings. The number of benzene rings is 2. The van der Waals surface area contributed by atoms with Gasteiger partial charge in [-0.05, 0) is 36.4 Å². The van der Waals surface area contributed by atoms with Crippen LogP contribution >= 0.6 is 11.6 Å². The van der Waals surface area contributed by atoms with E-state index in [2.05, 4.69) is 5.32 Å². The highest BCUT2D eigenvalue weighted by atomic mass is 35.5. The summed E-state index contributed by atoms with van der Waals surface area (Å²) in [6.07, 6.45) is 0. The van der Waals surface area contributed by atoms with Gasteiger partial charge in [0.2, 0.25) is 0 Å². The minimum atomic E-state index is -0.299. The number of carbonyl (C=O) groups is 1. The third kappa shape index (κ3) is 4.90. The summed E-state index contributed by atoms with van der Waals surface area (Å²) in [5.41, 5.74) is 0.914. The van der Waals surface area contributed by atoms with E-state index in [0.717, 1.165) is 0 Å². The van der Waals surface area contributed by atoms with E-state index in [4.69, 9.17) is 21.6 Å². The summed E-state index contributed by atoms with van der Waals surface area (Å²) in [7, 11) is 1.66. The van der Waals surface area contributed by atoms with Gasteiger partial charge in [-0.25, -0.2) is 4.79 Å². The molecule has 0 aliphatic heterocycles. The number of hydrogen-bond donors (Lipinski definition) is 1. The molecule has 0 radical (unpaired) electrons. The second kappa shape index (κ2) is 8.06. The zero-order valence-electron chi connectivity index (χ0n) is 12.6. The van der Waals surface area contributed by atoms with E-state index >= 15 is 0 Å². The fourth-order valence-corrected chi connectivity index (χ4v) is 1.96. The fourth-order valence-electron chi connectivity index (χ4n) is 1.83. The third-order valence-corrected chi connectivity index (χ3v) is 3.40. The Morgan fingerprint density at radius 2 is 1.96 bits per heavy atom. The number of nitriles is 1. The van der Waals surface area contributed by atoms with Crippen LogP contribution in [-0.4, -0.2) is 31.1 Å². The van der Waals surface area contributed by atoms with Gasteiger partial charge in [0.15, 0.2) is 0 Å². The molecule has 0 spiro atoms. The van der Waals surface area contributed by atoms with Gasteiger partial charge in [-0.1, -0.05) is 23.7 Å². The number of urea groups is 1. The minimum Gasteiger partial charge on any atom is -0.492 e. The Balaban J connectivity index is 1.83. The molecule has 0 aliphatic carbocycles. The number of ether oxygens (including phenoxy) is 1. The molecule has 6 heteroatoms. The van der Waals surface area contributed by atoms with Crippen molar-refractivity contribution in [2.75, 3.05) is 25.5 Å². The zero-order chi connectivity index (χ0) is 16.7. The minimum absolute atomic E-state index is 0.299. The summed E-state index contributed by atoms with van der Waals surface area (Å²) in [5, 5.41) is 12.4. The summed E-state index contributed by atoms with van der Waals surface area (Å²) >= 11 is 5.80. The number of nitrogens with zero attached hydrogens (tertiary/aromatic N) is 2. The Kier molecular flexibility index (Phi) is 5.84. The normalized spacial score (nSPS) is 9.78. The van der Waals surface area contributed by atoms with E-state index < -0.39 is 0 Å². The number of anilines is 1. The van der Waals surface area contributed by atoms with E-state index in [9.17, 15) is 4.79 Å². The van der Waals surface area contributed by atoms with Crippen molar-refractivity contribution >= 4 is 23.3 Å². The van der Waals surface area contributed by atoms with Gasteiger partial charge in [0.25, 0.3) is 0 Å². The Hall–Kier alpha value is -2.71. The Morgan fingerprint density at radius 1 is 1.26 bits per heavy atom. The van der Waals surface area contributed by atoms with Crippen molar-refractivity contribution in [3.63, 3.8) is 0 Å². The van der Waals surface area contributed by atoms with Gasteiger partial charge in [0.05, 0.1) is 17.8 Å². The predicted molar refractivity (Wildman–Crippen MR) is 89.8 cm³/mol. The van der Waals surface area contributed by atoms with Crippen LogP contribution in [0.15, 0.2) is 48.5 Å². The number of likely N-dealkylation sites (N-methyl/N-ethyl adjacent to an activating group) is 1. The second-order valence-electron chi connectivity index (χ2n) is 4.81. The van der Waals surface area contributed by atoms with Crippen molar-refractivity contribution in [2.24, 2.45) is 0 Å². The molecule has 1 N–H and O–H groups in total. The van der Waals surface area contributed by atoms with Gasteiger partial charge in [0.1, 0.15) is 18.4 Å². The molecule has 118 valence electrons. The maximum atomic E-state index is 12.1. The summed E-state index contributed by atoms with van der Waals surface area (Å²) in [4.78, 5) is 13.6. The largest absolute Gasteiger partial charge is 0.492 e. The smallest absolute Gasteiger partial charge is 0.321 e. The van der Waals surface area contributed by atoms with Crippen molar-refractivity contribution in [1.82, 2.24) is 4.90 Å². The number of hydrogen-bond acceptors (Lipinski definition) is 3. The van der Waals surface area contributed by atoms with Crippen molar-refractivity contribution in [1.29, 1.82) is 5.26 Å². The number of amides is 2. The molecule has 2 aromatic carbocycles. The van der Waals surface area contributed by atoms with Crippen LogP contribution in [0.2, 0.25) is 5.02 Å². The molecule has 2 amide bonds. The molecular formula is C17H16ClN3O2. The van der Waals surface area contributed by atoms with E-state index in [0.29, 0.717) is 35.2 Å². The molecule has 2 aromatic rings. The number of carbonyl (C=O) groups excluding carboxylic acids is 1. The highest BCUT2D eigenvalue weighted by Crippen LogP contribution is 2.16. The van der Waals surface area contributed by atoms with Crippen molar-refractivity contribution in [2.45, 2.75) is 0 Å². The Morgan fingerprint density at radius 3 is 2.65 bits per heavy atom. The van der Waals surface area contributed by atoms with E-state index in [-0.39, 0.29) is 6.03 Å². The maximum absolute atomic E-state index is 12.1. The van der Waals surface area contributed by atoms with Crippen LogP contribution in [0, 0.1) is 11.3 Å². The molecule has 2 rings (SSSR count). The molecule has 0 unspecified atom stereocenters. The van der Waals surface area contributed by atoms with Crippen LogP contribution in [0.25, 0.3) is 0 Å². The first-order valence-electron chi connectivity index (χ1n) is 7.00. The quantitative estimate of drug-likeness (QED) is 0.908. The lowest BCUT2D eigenvalue weighted by atomic mass is 10.2. The second-order valence-corrected chi connectivity index (χ2v) is 5.25. The predicted octanol–water partition coefficient (Wildman–Crippen LogP) is 3.75. The van der Waals surface area contributed by atoms with Crippen LogP contribution in [-0.2, 0) is 0 Å². The standard InChI is InChI=1S/C17H16ClN3O2/c1-21(10-11-23-15-8-6-14(18)7-9-15)17(22)20-16-5-3-2-4-13(16)12-19/h2-9H,10-11H2,1H3,(H,20,22). The molecule has 0 bridgehead atoms. The van der Waals surface area contributed by atoms with Crippen LogP contribution in [0.4, 0.5) is 10.5 Å². The lowest BCUT2D eigenvalue weighted by molar-refractivity contribution is 0.207. The first kappa shape index (κ1) is 16.7. The number of para-hydroxylation sites is 1. The molecule has 0 saturated carbocycles. The molecule has 0 fully saturated rings. The molecule has 5 nitrogen and oxygen atoms in total.